The van der Waals surface area contributed by atoms with E-state index in [9.17, 15) is 8.42 Å². The number of oxime groups is 1. The SMILES string of the molecule is CC(C)N(CCC(N)=NO)S(=O)(=O)c1sccc1Br. The zero-order valence-corrected chi connectivity index (χ0v) is 13.8. The molecule has 0 saturated heterocycles. The van der Waals surface area contributed by atoms with Crippen LogP contribution in [-0.4, -0.2) is 36.4 Å². The van der Waals surface area contributed by atoms with Crippen molar-refractivity contribution in [3.05, 3.63) is 15.9 Å². The molecule has 1 rings (SSSR count). The van der Waals surface area contributed by atoms with Crippen LogP contribution >= 0.6 is 27.3 Å². The lowest BCUT2D eigenvalue weighted by Crippen LogP contribution is -2.38. The summed E-state index contributed by atoms with van der Waals surface area (Å²) in [6, 6.07) is 1.48. The van der Waals surface area contributed by atoms with Gasteiger partial charge in [-0.2, -0.15) is 4.31 Å². The molecule has 0 aliphatic carbocycles. The molecule has 1 heterocycles. The standard InChI is InChI=1S/C10H16BrN3O3S2/c1-7(2)14(5-3-9(12)13-15)19(16,17)10-8(11)4-6-18-10/h4,6-7,15H,3,5H2,1-2H3,(H2,12,13). The minimum atomic E-state index is -3.58. The van der Waals surface area contributed by atoms with Crippen LogP contribution in [0.3, 0.4) is 0 Å². The van der Waals surface area contributed by atoms with Gasteiger partial charge in [-0.1, -0.05) is 5.16 Å². The van der Waals surface area contributed by atoms with Gasteiger partial charge in [0.25, 0.3) is 10.0 Å². The van der Waals surface area contributed by atoms with Gasteiger partial charge < -0.3 is 10.9 Å². The zero-order valence-electron chi connectivity index (χ0n) is 10.6. The maximum atomic E-state index is 12.5. The number of nitrogens with two attached hydrogens (primary N) is 1. The van der Waals surface area contributed by atoms with E-state index in [1.54, 1.807) is 25.3 Å². The average molecular weight is 370 g/mol. The van der Waals surface area contributed by atoms with Crippen LogP contribution < -0.4 is 5.73 Å². The fourth-order valence-electron chi connectivity index (χ4n) is 1.50. The molecule has 0 fully saturated rings. The Balaban J connectivity index is 3.03. The second-order valence-electron chi connectivity index (χ2n) is 4.11. The smallest absolute Gasteiger partial charge is 0.253 e. The van der Waals surface area contributed by atoms with Crippen LogP contribution in [-0.2, 0) is 10.0 Å². The highest BCUT2D eigenvalue weighted by Gasteiger charge is 2.29. The van der Waals surface area contributed by atoms with Crippen LogP contribution in [0.15, 0.2) is 25.3 Å². The normalized spacial score (nSPS) is 13.4. The van der Waals surface area contributed by atoms with Gasteiger partial charge in [0.2, 0.25) is 0 Å². The second-order valence-corrected chi connectivity index (χ2v) is 7.96. The van der Waals surface area contributed by atoms with Gasteiger partial charge in [-0.3, -0.25) is 0 Å². The molecule has 3 N–H and O–H groups in total. The third-order valence-electron chi connectivity index (χ3n) is 2.42. The molecule has 1 aromatic rings. The number of amidine groups is 1. The van der Waals surface area contributed by atoms with E-state index in [1.165, 1.54) is 4.31 Å². The Morgan fingerprint density at radius 3 is 2.68 bits per heavy atom. The number of hydrogen-bond acceptors (Lipinski definition) is 5. The molecule has 19 heavy (non-hydrogen) atoms. The van der Waals surface area contributed by atoms with Gasteiger partial charge in [-0.15, -0.1) is 11.3 Å². The van der Waals surface area contributed by atoms with Gasteiger partial charge in [0.05, 0.1) is 0 Å². The Bertz CT molecular complexity index is 554. The fourth-order valence-corrected chi connectivity index (χ4v) is 5.57. The molecule has 0 unspecified atom stereocenters. The van der Waals surface area contributed by atoms with Crippen LogP contribution in [0.2, 0.25) is 0 Å². The van der Waals surface area contributed by atoms with Gasteiger partial charge in [0.1, 0.15) is 10.0 Å². The fraction of sp³-hybridized carbons (Fsp3) is 0.500. The highest BCUT2D eigenvalue weighted by Crippen LogP contribution is 2.31. The van der Waals surface area contributed by atoms with Crippen molar-refractivity contribution in [2.24, 2.45) is 10.9 Å². The molecule has 0 atom stereocenters. The summed E-state index contributed by atoms with van der Waals surface area (Å²) in [5.74, 6) is 0.00564. The van der Waals surface area contributed by atoms with E-state index >= 15 is 0 Å². The van der Waals surface area contributed by atoms with Crippen molar-refractivity contribution < 1.29 is 13.6 Å². The summed E-state index contributed by atoms with van der Waals surface area (Å²) in [6.45, 7) is 3.73. The zero-order chi connectivity index (χ0) is 14.6. The number of nitrogens with zero attached hydrogens (tertiary/aromatic N) is 2. The third-order valence-corrected chi connectivity index (χ3v) is 7.14. The van der Waals surface area contributed by atoms with Crippen LogP contribution in [0.4, 0.5) is 0 Å². The van der Waals surface area contributed by atoms with E-state index in [-0.39, 0.29) is 29.1 Å². The van der Waals surface area contributed by atoms with Crippen LogP contribution in [0.5, 0.6) is 0 Å². The van der Waals surface area contributed by atoms with Crippen molar-refractivity contribution in [2.45, 2.75) is 30.5 Å². The molecule has 0 aliphatic heterocycles. The summed E-state index contributed by atoms with van der Waals surface area (Å²) >= 11 is 4.38. The third kappa shape index (κ3) is 3.91. The summed E-state index contributed by atoms with van der Waals surface area (Å²) in [5.41, 5.74) is 5.39. The molecule has 0 aromatic carbocycles. The maximum absolute atomic E-state index is 12.5. The summed E-state index contributed by atoms with van der Waals surface area (Å²) in [7, 11) is -3.58. The molecular formula is C10H16BrN3O3S2. The number of halogens is 1. The van der Waals surface area contributed by atoms with Crippen LogP contribution in [0, 0.1) is 0 Å². The van der Waals surface area contributed by atoms with E-state index in [1.807, 2.05) is 0 Å². The van der Waals surface area contributed by atoms with Gasteiger partial charge in [0, 0.05) is 23.5 Å². The van der Waals surface area contributed by atoms with Crippen molar-refractivity contribution in [1.82, 2.24) is 4.31 Å². The molecule has 0 bridgehead atoms. The summed E-state index contributed by atoms with van der Waals surface area (Å²) in [6.07, 6.45) is 0.177. The predicted octanol–water partition coefficient (Wildman–Crippen LogP) is 2.05. The molecule has 0 radical (unpaired) electrons. The molecule has 1 aromatic heterocycles. The van der Waals surface area contributed by atoms with Gasteiger partial charge in [-0.05, 0) is 41.2 Å². The van der Waals surface area contributed by atoms with Gasteiger partial charge >= 0.3 is 0 Å². The lowest BCUT2D eigenvalue weighted by molar-refractivity contribution is 0.313. The highest BCUT2D eigenvalue weighted by molar-refractivity contribution is 9.10. The van der Waals surface area contributed by atoms with Crippen LogP contribution in [0.1, 0.15) is 20.3 Å². The molecular weight excluding hydrogens is 354 g/mol. The average Bonchev–Trinajstić information content (AvgIpc) is 2.75. The monoisotopic (exact) mass is 369 g/mol. The maximum Gasteiger partial charge on any atom is 0.253 e. The first-order valence-corrected chi connectivity index (χ1v) is 8.63. The van der Waals surface area contributed by atoms with Gasteiger partial charge in [0.15, 0.2) is 0 Å². The largest absolute Gasteiger partial charge is 0.409 e. The summed E-state index contributed by atoms with van der Waals surface area (Å²) in [4.78, 5) is 0. The first-order chi connectivity index (χ1) is 8.80. The Labute approximate surface area is 125 Å². The van der Waals surface area contributed by atoms with Crippen molar-refractivity contribution in [3.63, 3.8) is 0 Å². The number of rotatable bonds is 6. The Kier molecular flexibility index (Phi) is 5.78. The quantitative estimate of drug-likeness (QED) is 0.347. The lowest BCUT2D eigenvalue weighted by Gasteiger charge is -2.25. The van der Waals surface area contributed by atoms with E-state index in [0.717, 1.165) is 11.3 Å². The second kappa shape index (κ2) is 6.69. The first kappa shape index (κ1) is 16.4. The number of hydrogen-bond donors (Lipinski definition) is 2. The number of thiophene rings is 1. The topological polar surface area (TPSA) is 96.0 Å². The number of sulfonamides is 1. The summed E-state index contributed by atoms with van der Waals surface area (Å²) < 4.78 is 27.2. The van der Waals surface area contributed by atoms with Crippen LogP contribution in [0.25, 0.3) is 0 Å². The Morgan fingerprint density at radius 2 is 2.26 bits per heavy atom. The molecule has 0 spiro atoms. The molecule has 9 heteroatoms. The molecule has 108 valence electrons. The first-order valence-electron chi connectivity index (χ1n) is 5.52. The summed E-state index contributed by atoms with van der Waals surface area (Å²) in [5, 5.41) is 13.1. The van der Waals surface area contributed by atoms with E-state index in [0.29, 0.717) is 4.47 Å². The van der Waals surface area contributed by atoms with Gasteiger partial charge in [-0.25, -0.2) is 8.42 Å². The lowest BCUT2D eigenvalue weighted by atomic mass is 10.3. The molecule has 0 amide bonds. The van der Waals surface area contributed by atoms with Crippen molar-refractivity contribution in [1.29, 1.82) is 0 Å². The predicted molar refractivity (Wildman–Crippen MR) is 79.1 cm³/mol. The molecule has 0 aliphatic rings. The Morgan fingerprint density at radius 1 is 1.63 bits per heavy atom. The molecule has 6 nitrogen and oxygen atoms in total. The Hall–Kier alpha value is -0.640. The van der Waals surface area contributed by atoms with E-state index < -0.39 is 10.0 Å². The van der Waals surface area contributed by atoms with Crippen molar-refractivity contribution in [3.8, 4) is 0 Å². The van der Waals surface area contributed by atoms with E-state index in [4.69, 9.17) is 10.9 Å². The van der Waals surface area contributed by atoms with Crippen molar-refractivity contribution >= 4 is 43.1 Å². The molecule has 0 saturated carbocycles. The minimum absolute atomic E-state index is 0.00564. The van der Waals surface area contributed by atoms with E-state index in [2.05, 4.69) is 21.1 Å². The minimum Gasteiger partial charge on any atom is -0.409 e. The highest BCUT2D eigenvalue weighted by atomic mass is 79.9. The van der Waals surface area contributed by atoms with Crippen molar-refractivity contribution in [2.75, 3.05) is 6.54 Å².